The Hall–Kier alpha value is -1.84. The zero-order chi connectivity index (χ0) is 17.6. The summed E-state index contributed by atoms with van der Waals surface area (Å²) in [5.74, 6) is 0.0588. The fourth-order valence-electron chi connectivity index (χ4n) is 2.73. The molecule has 0 aliphatic rings. The van der Waals surface area contributed by atoms with Gasteiger partial charge in [0.2, 0.25) is 11.8 Å². The molecule has 0 radical (unpaired) electrons. The van der Waals surface area contributed by atoms with Crippen LogP contribution in [0.5, 0.6) is 0 Å². The Morgan fingerprint density at radius 2 is 1.61 bits per heavy atom. The maximum absolute atomic E-state index is 12.2. The summed E-state index contributed by atoms with van der Waals surface area (Å²) in [5.41, 5.74) is 1.96. The van der Waals surface area contributed by atoms with Gasteiger partial charge in [0.1, 0.15) is 0 Å². The van der Waals surface area contributed by atoms with Crippen molar-refractivity contribution < 1.29 is 9.59 Å². The van der Waals surface area contributed by atoms with Crippen molar-refractivity contribution >= 4 is 17.5 Å². The molecule has 4 heteroatoms. The highest BCUT2D eigenvalue weighted by molar-refractivity contribution is 5.93. The van der Waals surface area contributed by atoms with Crippen LogP contribution in [0.4, 0.5) is 5.69 Å². The van der Waals surface area contributed by atoms with Crippen LogP contribution in [0.1, 0.15) is 53.5 Å². The highest BCUT2D eigenvalue weighted by atomic mass is 16.2. The number of nitrogens with zero attached hydrogens (tertiary/aromatic N) is 2. The van der Waals surface area contributed by atoms with Gasteiger partial charge in [0.25, 0.3) is 0 Å². The molecule has 23 heavy (non-hydrogen) atoms. The van der Waals surface area contributed by atoms with Crippen LogP contribution in [0.25, 0.3) is 0 Å². The number of hydrogen-bond donors (Lipinski definition) is 0. The topological polar surface area (TPSA) is 40.6 Å². The van der Waals surface area contributed by atoms with Crippen molar-refractivity contribution in [1.29, 1.82) is 0 Å². The Morgan fingerprint density at radius 1 is 1.04 bits per heavy atom. The summed E-state index contributed by atoms with van der Waals surface area (Å²) < 4.78 is 0. The fraction of sp³-hybridized carbons (Fsp3) is 0.579. The summed E-state index contributed by atoms with van der Waals surface area (Å²) in [5, 5.41) is 0. The van der Waals surface area contributed by atoms with Crippen LogP contribution >= 0.6 is 0 Å². The minimum atomic E-state index is -0.0623. The number of benzene rings is 1. The summed E-state index contributed by atoms with van der Waals surface area (Å²) >= 11 is 0. The van der Waals surface area contributed by atoms with E-state index in [2.05, 4.69) is 26.8 Å². The van der Waals surface area contributed by atoms with Crippen LogP contribution in [0, 0.1) is 0 Å². The Balaban J connectivity index is 3.01. The molecule has 0 fully saturated rings. The lowest BCUT2D eigenvalue weighted by molar-refractivity contribution is -0.130. The van der Waals surface area contributed by atoms with Gasteiger partial charge in [0.05, 0.1) is 0 Å². The van der Waals surface area contributed by atoms with Gasteiger partial charge in [-0.1, -0.05) is 39.0 Å². The first kappa shape index (κ1) is 19.2. The number of rotatable bonds is 6. The SMILES string of the molecule is CCN(CC)C(=O)CCN(C(C)=O)c1ccccc1C(C)(C)C. The van der Waals surface area contributed by atoms with Crippen LogP contribution < -0.4 is 4.90 Å². The number of para-hydroxylation sites is 1. The average molecular weight is 318 g/mol. The van der Waals surface area contributed by atoms with Gasteiger partial charge in [0.15, 0.2) is 0 Å². The minimum absolute atomic E-state index is 0.0333. The van der Waals surface area contributed by atoms with E-state index in [4.69, 9.17) is 0 Å². The van der Waals surface area contributed by atoms with E-state index in [1.165, 1.54) is 0 Å². The summed E-state index contributed by atoms with van der Waals surface area (Å²) in [7, 11) is 0. The van der Waals surface area contributed by atoms with Crippen molar-refractivity contribution in [1.82, 2.24) is 4.90 Å². The predicted octanol–water partition coefficient (Wildman–Crippen LogP) is 3.60. The minimum Gasteiger partial charge on any atom is -0.343 e. The van der Waals surface area contributed by atoms with Gasteiger partial charge in [-0.2, -0.15) is 0 Å². The van der Waals surface area contributed by atoms with E-state index in [0.717, 1.165) is 11.3 Å². The quantitative estimate of drug-likeness (QED) is 0.804. The van der Waals surface area contributed by atoms with Crippen molar-refractivity contribution in [3.05, 3.63) is 29.8 Å². The zero-order valence-corrected chi connectivity index (χ0v) is 15.3. The number of carbonyl (C=O) groups excluding carboxylic acids is 2. The molecule has 0 bridgehead atoms. The fourth-order valence-corrected chi connectivity index (χ4v) is 2.73. The molecular formula is C19H30N2O2. The molecule has 4 nitrogen and oxygen atoms in total. The molecule has 0 aliphatic carbocycles. The monoisotopic (exact) mass is 318 g/mol. The molecule has 0 heterocycles. The zero-order valence-electron chi connectivity index (χ0n) is 15.3. The summed E-state index contributed by atoms with van der Waals surface area (Å²) in [6.45, 7) is 13.7. The molecule has 0 N–H and O–H groups in total. The second-order valence-corrected chi connectivity index (χ2v) is 6.75. The van der Waals surface area contributed by atoms with Crippen LogP contribution in [0.2, 0.25) is 0 Å². The third kappa shape index (κ3) is 5.08. The van der Waals surface area contributed by atoms with Gasteiger partial charge in [-0.3, -0.25) is 9.59 Å². The smallest absolute Gasteiger partial charge is 0.224 e. The van der Waals surface area contributed by atoms with Gasteiger partial charge >= 0.3 is 0 Å². The Kier molecular flexibility index (Phi) is 6.79. The van der Waals surface area contributed by atoms with Gasteiger partial charge in [-0.15, -0.1) is 0 Å². The van der Waals surface area contributed by atoms with E-state index < -0.39 is 0 Å². The molecule has 128 valence electrons. The van der Waals surface area contributed by atoms with Crippen molar-refractivity contribution in [3.8, 4) is 0 Å². The molecule has 2 amide bonds. The van der Waals surface area contributed by atoms with Crippen LogP contribution in [0.3, 0.4) is 0 Å². The highest BCUT2D eigenvalue weighted by Gasteiger charge is 2.23. The second-order valence-electron chi connectivity index (χ2n) is 6.75. The third-order valence-electron chi connectivity index (χ3n) is 4.05. The van der Waals surface area contributed by atoms with Crippen LogP contribution in [-0.2, 0) is 15.0 Å². The molecule has 0 spiro atoms. The summed E-state index contributed by atoms with van der Waals surface area (Å²) in [4.78, 5) is 27.9. The highest BCUT2D eigenvalue weighted by Crippen LogP contribution is 2.32. The lowest BCUT2D eigenvalue weighted by Crippen LogP contribution is -2.37. The van der Waals surface area contributed by atoms with Crippen molar-refractivity contribution in [2.45, 2.75) is 53.4 Å². The maximum atomic E-state index is 12.2. The second kappa shape index (κ2) is 8.14. The summed E-state index contributed by atoms with van der Waals surface area (Å²) in [6, 6.07) is 7.94. The number of hydrogen-bond acceptors (Lipinski definition) is 2. The van der Waals surface area contributed by atoms with Gasteiger partial charge in [0, 0.05) is 38.7 Å². The largest absolute Gasteiger partial charge is 0.343 e. The van der Waals surface area contributed by atoms with Gasteiger partial charge < -0.3 is 9.80 Å². The Labute approximate surface area is 140 Å². The molecular weight excluding hydrogens is 288 g/mol. The first-order valence-electron chi connectivity index (χ1n) is 8.37. The van der Waals surface area contributed by atoms with Crippen molar-refractivity contribution in [2.24, 2.45) is 0 Å². The normalized spacial score (nSPS) is 11.2. The van der Waals surface area contributed by atoms with E-state index in [0.29, 0.717) is 26.1 Å². The molecule has 0 aromatic heterocycles. The van der Waals surface area contributed by atoms with Crippen LogP contribution in [0.15, 0.2) is 24.3 Å². The molecule has 1 rings (SSSR count). The molecule has 1 aromatic carbocycles. The van der Waals surface area contributed by atoms with E-state index in [9.17, 15) is 9.59 Å². The predicted molar refractivity (Wildman–Crippen MR) is 95.7 cm³/mol. The average Bonchev–Trinajstić information content (AvgIpc) is 2.47. The molecule has 0 atom stereocenters. The van der Waals surface area contributed by atoms with E-state index in [1.807, 2.05) is 32.0 Å². The molecule has 1 aromatic rings. The van der Waals surface area contributed by atoms with E-state index >= 15 is 0 Å². The lowest BCUT2D eigenvalue weighted by atomic mass is 9.85. The first-order chi connectivity index (χ1) is 10.7. The molecule has 0 saturated heterocycles. The third-order valence-corrected chi connectivity index (χ3v) is 4.05. The van der Waals surface area contributed by atoms with Crippen molar-refractivity contribution in [2.75, 3.05) is 24.5 Å². The Morgan fingerprint density at radius 3 is 2.09 bits per heavy atom. The number of amides is 2. The number of anilines is 1. The molecule has 0 aliphatic heterocycles. The van der Waals surface area contributed by atoms with Crippen molar-refractivity contribution in [3.63, 3.8) is 0 Å². The molecule has 0 unspecified atom stereocenters. The summed E-state index contributed by atoms with van der Waals surface area (Å²) in [6.07, 6.45) is 0.347. The lowest BCUT2D eigenvalue weighted by Gasteiger charge is -2.30. The Bertz CT molecular complexity index is 543. The maximum Gasteiger partial charge on any atom is 0.224 e. The first-order valence-corrected chi connectivity index (χ1v) is 8.37. The molecule has 0 saturated carbocycles. The van der Waals surface area contributed by atoms with Gasteiger partial charge in [-0.25, -0.2) is 0 Å². The van der Waals surface area contributed by atoms with Crippen LogP contribution in [-0.4, -0.2) is 36.3 Å². The van der Waals surface area contributed by atoms with E-state index in [-0.39, 0.29) is 17.2 Å². The van der Waals surface area contributed by atoms with Gasteiger partial charge in [-0.05, 0) is 30.9 Å². The van der Waals surface area contributed by atoms with E-state index in [1.54, 1.807) is 16.7 Å². The standard InChI is InChI=1S/C19H30N2O2/c1-7-20(8-2)18(23)13-14-21(15(3)22)17-12-10-9-11-16(17)19(4,5)6/h9-12H,7-8,13-14H2,1-6H3. The number of carbonyl (C=O) groups is 2.